The van der Waals surface area contributed by atoms with Crippen molar-refractivity contribution in [2.45, 2.75) is 45.7 Å². The quantitative estimate of drug-likeness (QED) is 0.739. The van der Waals surface area contributed by atoms with Crippen molar-refractivity contribution in [1.29, 1.82) is 0 Å². The van der Waals surface area contributed by atoms with Gasteiger partial charge in [0.05, 0.1) is 5.54 Å². The van der Waals surface area contributed by atoms with Gasteiger partial charge in [0.15, 0.2) is 0 Å². The molecule has 0 aliphatic rings. The number of primary amides is 1. The van der Waals surface area contributed by atoms with Crippen LogP contribution in [-0.4, -0.2) is 27.5 Å². The minimum atomic E-state index is -0.646. The monoisotopic (exact) mass is 238 g/mol. The van der Waals surface area contributed by atoms with E-state index in [4.69, 9.17) is 5.73 Å². The second-order valence-electron chi connectivity index (χ2n) is 4.54. The van der Waals surface area contributed by atoms with Crippen molar-refractivity contribution < 1.29 is 4.79 Å². The highest BCUT2D eigenvalue weighted by atomic mass is 16.1. The number of nitrogens with one attached hydrogen (secondary N) is 1. The molecule has 0 spiro atoms. The summed E-state index contributed by atoms with van der Waals surface area (Å²) >= 11 is 0. The zero-order valence-corrected chi connectivity index (χ0v) is 10.9. The number of aryl methyl sites for hydroxylation is 2. The number of amides is 1. The van der Waals surface area contributed by atoms with Crippen LogP contribution in [0, 0.1) is 6.92 Å². The van der Waals surface area contributed by atoms with Crippen LogP contribution in [0.5, 0.6) is 0 Å². The Morgan fingerprint density at radius 2 is 2.35 bits per heavy atom. The van der Waals surface area contributed by atoms with Crippen LogP contribution in [0.3, 0.4) is 0 Å². The molecule has 0 aliphatic carbocycles. The third-order valence-electron chi connectivity index (χ3n) is 3.09. The zero-order valence-electron chi connectivity index (χ0n) is 10.9. The molecular weight excluding hydrogens is 216 g/mol. The molecule has 1 atom stereocenters. The molecule has 1 unspecified atom stereocenters. The second-order valence-corrected chi connectivity index (χ2v) is 4.54. The van der Waals surface area contributed by atoms with Crippen molar-refractivity contribution in [1.82, 2.24) is 14.9 Å². The molecule has 96 valence electrons. The molecule has 0 aromatic carbocycles. The van der Waals surface area contributed by atoms with E-state index in [1.807, 2.05) is 24.6 Å². The summed E-state index contributed by atoms with van der Waals surface area (Å²) < 4.78 is 2.02. The predicted octanol–water partition coefficient (Wildman–Crippen LogP) is 0.825. The first-order valence-corrected chi connectivity index (χ1v) is 6.02. The third kappa shape index (κ3) is 3.56. The Labute approximate surface area is 102 Å². The fraction of sp³-hybridized carbons (Fsp3) is 0.667. The Morgan fingerprint density at radius 1 is 1.65 bits per heavy atom. The lowest BCUT2D eigenvalue weighted by Crippen LogP contribution is -2.53. The normalized spacial score (nSPS) is 14.5. The summed E-state index contributed by atoms with van der Waals surface area (Å²) in [6, 6.07) is 0. The molecule has 1 aromatic heterocycles. The number of hydrogen-bond acceptors (Lipinski definition) is 3. The van der Waals surface area contributed by atoms with E-state index < -0.39 is 5.54 Å². The van der Waals surface area contributed by atoms with Crippen molar-refractivity contribution in [3.63, 3.8) is 0 Å². The highest BCUT2D eigenvalue weighted by Gasteiger charge is 2.29. The van der Waals surface area contributed by atoms with Crippen LogP contribution in [0.1, 0.15) is 32.5 Å². The second kappa shape index (κ2) is 5.82. The number of carbonyl (C=O) groups is 1. The maximum Gasteiger partial charge on any atom is 0.237 e. The number of nitrogens with zero attached hydrogens (tertiary/aromatic N) is 2. The van der Waals surface area contributed by atoms with Crippen LogP contribution in [0.4, 0.5) is 0 Å². The number of carbonyl (C=O) groups excluding carboxylic acids is 1. The first-order chi connectivity index (χ1) is 7.99. The van der Waals surface area contributed by atoms with E-state index in [1.165, 1.54) is 0 Å². The maximum atomic E-state index is 11.5. The SMILES string of the molecule is CCCNC(C)(CCn1ccnc1C)C(N)=O. The molecule has 5 heteroatoms. The molecule has 0 aliphatic heterocycles. The molecule has 1 amide bonds. The molecule has 3 N–H and O–H groups in total. The average Bonchev–Trinajstić information content (AvgIpc) is 2.69. The Kier molecular flexibility index (Phi) is 4.69. The summed E-state index contributed by atoms with van der Waals surface area (Å²) in [6.07, 6.45) is 5.32. The molecule has 0 fully saturated rings. The number of imidazole rings is 1. The van der Waals surface area contributed by atoms with Gasteiger partial charge in [-0.25, -0.2) is 4.98 Å². The van der Waals surface area contributed by atoms with Gasteiger partial charge in [-0.2, -0.15) is 0 Å². The third-order valence-corrected chi connectivity index (χ3v) is 3.09. The first kappa shape index (κ1) is 13.7. The zero-order chi connectivity index (χ0) is 12.9. The van der Waals surface area contributed by atoms with Crippen LogP contribution in [0.2, 0.25) is 0 Å². The number of nitrogens with two attached hydrogens (primary N) is 1. The van der Waals surface area contributed by atoms with Crippen molar-refractivity contribution in [2.75, 3.05) is 6.54 Å². The van der Waals surface area contributed by atoms with E-state index in [1.54, 1.807) is 6.20 Å². The summed E-state index contributed by atoms with van der Waals surface area (Å²) in [7, 11) is 0. The highest BCUT2D eigenvalue weighted by Crippen LogP contribution is 2.11. The topological polar surface area (TPSA) is 72.9 Å². The van der Waals surface area contributed by atoms with E-state index in [2.05, 4.69) is 17.2 Å². The van der Waals surface area contributed by atoms with Gasteiger partial charge in [-0.05, 0) is 33.2 Å². The largest absolute Gasteiger partial charge is 0.368 e. The number of rotatable bonds is 7. The molecule has 0 saturated carbocycles. The van der Waals surface area contributed by atoms with E-state index in [0.717, 1.165) is 25.3 Å². The Balaban J connectivity index is 2.61. The van der Waals surface area contributed by atoms with E-state index >= 15 is 0 Å². The number of hydrogen-bond donors (Lipinski definition) is 2. The molecule has 0 radical (unpaired) electrons. The summed E-state index contributed by atoms with van der Waals surface area (Å²) in [6.45, 7) is 7.40. The summed E-state index contributed by atoms with van der Waals surface area (Å²) in [5, 5.41) is 3.22. The molecular formula is C12H22N4O. The maximum absolute atomic E-state index is 11.5. The minimum Gasteiger partial charge on any atom is -0.368 e. The smallest absolute Gasteiger partial charge is 0.237 e. The van der Waals surface area contributed by atoms with Crippen LogP contribution in [-0.2, 0) is 11.3 Å². The Hall–Kier alpha value is -1.36. The van der Waals surface area contributed by atoms with Gasteiger partial charge in [0.1, 0.15) is 5.82 Å². The molecule has 1 aromatic rings. The van der Waals surface area contributed by atoms with E-state index in [-0.39, 0.29) is 5.91 Å². The Bertz CT molecular complexity index is 374. The summed E-state index contributed by atoms with van der Waals surface area (Å²) in [4.78, 5) is 15.7. The molecule has 5 nitrogen and oxygen atoms in total. The number of aromatic nitrogens is 2. The van der Waals surface area contributed by atoms with E-state index in [9.17, 15) is 4.79 Å². The average molecular weight is 238 g/mol. The van der Waals surface area contributed by atoms with Gasteiger partial charge in [-0.3, -0.25) is 4.79 Å². The standard InChI is InChI=1S/C12H22N4O/c1-4-6-15-12(3,11(13)17)5-8-16-9-7-14-10(16)2/h7,9,15H,4-6,8H2,1-3H3,(H2,13,17). The summed E-state index contributed by atoms with van der Waals surface area (Å²) in [5.41, 5.74) is 4.82. The van der Waals surface area contributed by atoms with Gasteiger partial charge < -0.3 is 15.6 Å². The lowest BCUT2D eigenvalue weighted by molar-refractivity contribution is -0.124. The van der Waals surface area contributed by atoms with Crippen LogP contribution >= 0.6 is 0 Å². The minimum absolute atomic E-state index is 0.302. The van der Waals surface area contributed by atoms with Gasteiger partial charge in [0.2, 0.25) is 5.91 Å². The summed E-state index contributed by atoms with van der Waals surface area (Å²) in [5.74, 6) is 0.649. The van der Waals surface area contributed by atoms with Gasteiger partial charge in [0, 0.05) is 18.9 Å². The molecule has 0 bridgehead atoms. The molecule has 1 rings (SSSR count). The van der Waals surface area contributed by atoms with Crippen molar-refractivity contribution in [2.24, 2.45) is 5.73 Å². The molecule has 17 heavy (non-hydrogen) atoms. The van der Waals surface area contributed by atoms with Gasteiger partial charge in [-0.1, -0.05) is 6.92 Å². The highest BCUT2D eigenvalue weighted by molar-refractivity contribution is 5.84. The van der Waals surface area contributed by atoms with Crippen LogP contribution < -0.4 is 11.1 Å². The Morgan fingerprint density at radius 3 is 2.82 bits per heavy atom. The lowest BCUT2D eigenvalue weighted by Gasteiger charge is -2.27. The van der Waals surface area contributed by atoms with Crippen molar-refractivity contribution in [3.8, 4) is 0 Å². The van der Waals surface area contributed by atoms with Crippen molar-refractivity contribution >= 4 is 5.91 Å². The molecule has 0 saturated heterocycles. The molecule has 1 heterocycles. The van der Waals surface area contributed by atoms with E-state index in [0.29, 0.717) is 6.42 Å². The van der Waals surface area contributed by atoms with Crippen molar-refractivity contribution in [3.05, 3.63) is 18.2 Å². The van der Waals surface area contributed by atoms with Gasteiger partial charge in [0.25, 0.3) is 0 Å². The van der Waals surface area contributed by atoms with Gasteiger partial charge in [-0.15, -0.1) is 0 Å². The predicted molar refractivity (Wildman–Crippen MR) is 67.5 cm³/mol. The first-order valence-electron chi connectivity index (χ1n) is 6.02. The lowest BCUT2D eigenvalue weighted by atomic mass is 9.96. The van der Waals surface area contributed by atoms with Crippen LogP contribution in [0.15, 0.2) is 12.4 Å². The van der Waals surface area contributed by atoms with Gasteiger partial charge >= 0.3 is 0 Å². The fourth-order valence-electron chi connectivity index (χ4n) is 1.68. The fourth-order valence-corrected chi connectivity index (χ4v) is 1.68. The van der Waals surface area contributed by atoms with Crippen LogP contribution in [0.25, 0.3) is 0 Å².